The molecule has 0 aliphatic carbocycles. The number of fused-ring (bicyclic) bond motifs is 2. The van der Waals surface area contributed by atoms with Crippen LogP contribution in [-0.2, 0) is 4.84 Å². The van der Waals surface area contributed by atoms with Crippen LogP contribution in [0.15, 0.2) is 54.9 Å². The summed E-state index contributed by atoms with van der Waals surface area (Å²) in [5, 5.41) is 0.936. The van der Waals surface area contributed by atoms with E-state index in [1.165, 1.54) is 18.3 Å². The molecule has 1 aromatic carbocycles. The lowest BCUT2D eigenvalue weighted by Crippen LogP contribution is -2.33. The monoisotopic (exact) mass is 319 g/mol. The van der Waals surface area contributed by atoms with E-state index in [0.717, 1.165) is 0 Å². The number of carbonyl (C=O) groups excluding carboxylic acids is 3. The fraction of sp³-hybridized carbons (Fsp3) is 0. The number of hydrogen-bond acceptors (Lipinski definition) is 6. The third kappa shape index (κ3) is 2.03. The number of imide groups is 1. The summed E-state index contributed by atoms with van der Waals surface area (Å²) in [5.74, 6) is -2.26. The first-order valence-electron chi connectivity index (χ1n) is 7.06. The van der Waals surface area contributed by atoms with E-state index in [1.807, 2.05) is 0 Å². The van der Waals surface area contributed by atoms with Crippen molar-refractivity contribution >= 4 is 28.7 Å². The quantitative estimate of drug-likeness (QED) is 0.671. The molecule has 1 aliphatic heterocycles. The zero-order valence-corrected chi connectivity index (χ0v) is 12.2. The first-order chi connectivity index (χ1) is 11.7. The lowest BCUT2D eigenvalue weighted by molar-refractivity contribution is -0.0587. The molecule has 2 aromatic heterocycles. The summed E-state index contributed by atoms with van der Waals surface area (Å²) in [4.78, 5) is 50.0. The predicted octanol–water partition coefficient (Wildman–Crippen LogP) is 2.00. The van der Waals surface area contributed by atoms with E-state index in [1.54, 1.807) is 36.5 Å². The first-order valence-corrected chi connectivity index (χ1v) is 7.06. The van der Waals surface area contributed by atoms with Crippen LogP contribution in [0.2, 0.25) is 0 Å². The third-order valence-electron chi connectivity index (χ3n) is 3.65. The maximum absolute atomic E-state index is 12.4. The van der Waals surface area contributed by atoms with Crippen molar-refractivity contribution < 1.29 is 19.2 Å². The van der Waals surface area contributed by atoms with Gasteiger partial charge >= 0.3 is 5.97 Å². The van der Waals surface area contributed by atoms with Gasteiger partial charge in [-0.1, -0.05) is 17.2 Å². The van der Waals surface area contributed by atoms with Crippen LogP contribution < -0.4 is 0 Å². The Morgan fingerprint density at radius 1 is 0.875 bits per heavy atom. The predicted molar refractivity (Wildman–Crippen MR) is 81.9 cm³/mol. The van der Waals surface area contributed by atoms with E-state index < -0.39 is 17.8 Å². The number of pyridine rings is 2. The maximum Gasteiger partial charge on any atom is 0.382 e. The van der Waals surface area contributed by atoms with Crippen LogP contribution in [-0.4, -0.2) is 32.8 Å². The number of rotatable bonds is 2. The Hall–Kier alpha value is -3.61. The van der Waals surface area contributed by atoms with Gasteiger partial charge in [0.25, 0.3) is 11.8 Å². The summed E-state index contributed by atoms with van der Waals surface area (Å²) in [7, 11) is 0. The van der Waals surface area contributed by atoms with Crippen LogP contribution in [0, 0.1) is 0 Å². The molecule has 116 valence electrons. The Kier molecular flexibility index (Phi) is 3.06. The molecule has 0 N–H and O–H groups in total. The maximum atomic E-state index is 12.4. The van der Waals surface area contributed by atoms with Crippen molar-refractivity contribution in [3.05, 3.63) is 71.7 Å². The minimum atomic E-state index is -0.900. The molecule has 1 aliphatic rings. The van der Waals surface area contributed by atoms with Crippen molar-refractivity contribution in [2.75, 3.05) is 0 Å². The summed E-state index contributed by atoms with van der Waals surface area (Å²) < 4.78 is 0. The van der Waals surface area contributed by atoms with E-state index in [0.29, 0.717) is 16.0 Å². The number of amides is 2. The second-order valence-electron chi connectivity index (χ2n) is 5.06. The van der Waals surface area contributed by atoms with Crippen molar-refractivity contribution in [3.63, 3.8) is 0 Å². The molecule has 0 saturated heterocycles. The molecule has 0 fully saturated rings. The number of aromatic nitrogens is 2. The van der Waals surface area contributed by atoms with Crippen LogP contribution in [0.3, 0.4) is 0 Å². The smallest absolute Gasteiger partial charge is 0.322 e. The Morgan fingerprint density at radius 3 is 2.29 bits per heavy atom. The molecule has 0 unspecified atom stereocenters. The van der Waals surface area contributed by atoms with Crippen molar-refractivity contribution in [2.24, 2.45) is 0 Å². The van der Waals surface area contributed by atoms with Gasteiger partial charge < -0.3 is 4.84 Å². The SMILES string of the molecule is O=C(ON1C(=O)c2ccccc2C1=O)c1nccc2ncccc12. The van der Waals surface area contributed by atoms with Gasteiger partial charge in [0.1, 0.15) is 0 Å². The van der Waals surface area contributed by atoms with Crippen molar-refractivity contribution in [3.8, 4) is 0 Å². The van der Waals surface area contributed by atoms with Crippen molar-refractivity contribution in [1.82, 2.24) is 15.0 Å². The van der Waals surface area contributed by atoms with Crippen molar-refractivity contribution in [1.29, 1.82) is 0 Å². The van der Waals surface area contributed by atoms with Gasteiger partial charge in [0.15, 0.2) is 5.69 Å². The normalized spacial score (nSPS) is 13.2. The average molecular weight is 319 g/mol. The van der Waals surface area contributed by atoms with E-state index in [9.17, 15) is 14.4 Å². The highest BCUT2D eigenvalue weighted by Crippen LogP contribution is 2.24. The number of hydrogen-bond donors (Lipinski definition) is 0. The highest BCUT2D eigenvalue weighted by atomic mass is 16.7. The number of carbonyl (C=O) groups is 3. The Morgan fingerprint density at radius 2 is 1.58 bits per heavy atom. The molecule has 24 heavy (non-hydrogen) atoms. The van der Waals surface area contributed by atoms with Gasteiger partial charge in [0.2, 0.25) is 0 Å². The second-order valence-corrected chi connectivity index (χ2v) is 5.06. The summed E-state index contributed by atoms with van der Waals surface area (Å²) in [6.45, 7) is 0. The molecule has 7 heteroatoms. The molecule has 0 spiro atoms. The standard InChI is InChI=1S/C17H9N3O4/c21-15-10-4-1-2-5-11(10)16(22)20(15)24-17(23)14-12-6-3-8-18-13(12)7-9-19-14/h1-9H. The van der Waals surface area contributed by atoms with E-state index in [-0.39, 0.29) is 16.8 Å². The van der Waals surface area contributed by atoms with E-state index in [4.69, 9.17) is 4.84 Å². The molecule has 0 radical (unpaired) electrons. The highest BCUT2D eigenvalue weighted by molar-refractivity contribution is 6.21. The zero-order chi connectivity index (χ0) is 16.7. The summed E-state index contributed by atoms with van der Waals surface area (Å²) in [6, 6.07) is 11.2. The molecule has 7 nitrogen and oxygen atoms in total. The van der Waals surface area contributed by atoms with E-state index >= 15 is 0 Å². The van der Waals surface area contributed by atoms with Crippen LogP contribution >= 0.6 is 0 Å². The molecule has 3 heterocycles. The van der Waals surface area contributed by atoms with Gasteiger partial charge in [0, 0.05) is 17.8 Å². The number of nitrogens with zero attached hydrogens (tertiary/aromatic N) is 3. The Labute approximate surface area is 135 Å². The van der Waals surface area contributed by atoms with Gasteiger partial charge in [-0.25, -0.2) is 9.78 Å². The highest BCUT2D eigenvalue weighted by Gasteiger charge is 2.39. The number of benzene rings is 1. The topological polar surface area (TPSA) is 89.5 Å². The number of hydroxylamine groups is 2. The van der Waals surface area contributed by atoms with Gasteiger partial charge in [-0.2, -0.15) is 0 Å². The minimum Gasteiger partial charge on any atom is -0.322 e. The zero-order valence-electron chi connectivity index (χ0n) is 12.2. The fourth-order valence-electron chi connectivity index (χ4n) is 2.54. The molecule has 2 amide bonds. The van der Waals surface area contributed by atoms with Crippen molar-refractivity contribution in [2.45, 2.75) is 0 Å². The van der Waals surface area contributed by atoms with Gasteiger partial charge in [-0.05, 0) is 30.3 Å². The Balaban J connectivity index is 1.68. The second kappa shape index (κ2) is 5.24. The third-order valence-corrected chi connectivity index (χ3v) is 3.65. The lowest BCUT2D eigenvalue weighted by atomic mass is 10.1. The average Bonchev–Trinajstić information content (AvgIpc) is 2.86. The minimum absolute atomic E-state index is 0.0165. The van der Waals surface area contributed by atoms with Gasteiger partial charge in [0.05, 0.1) is 16.6 Å². The van der Waals surface area contributed by atoms with E-state index in [2.05, 4.69) is 9.97 Å². The van der Waals surface area contributed by atoms with Crippen LogP contribution in [0.4, 0.5) is 0 Å². The van der Waals surface area contributed by atoms with Gasteiger partial charge in [-0.3, -0.25) is 14.6 Å². The molecule has 3 aromatic rings. The molecule has 0 atom stereocenters. The van der Waals surface area contributed by atoms with Crippen LogP contribution in [0.1, 0.15) is 31.2 Å². The van der Waals surface area contributed by atoms with Gasteiger partial charge in [-0.15, -0.1) is 0 Å². The molecule has 0 bridgehead atoms. The largest absolute Gasteiger partial charge is 0.382 e. The fourth-order valence-corrected chi connectivity index (χ4v) is 2.54. The Bertz CT molecular complexity index is 975. The molecule has 4 rings (SSSR count). The lowest BCUT2D eigenvalue weighted by Gasteiger charge is -2.12. The molecule has 0 saturated carbocycles. The van der Waals surface area contributed by atoms with Crippen LogP contribution in [0.5, 0.6) is 0 Å². The summed E-state index contributed by atoms with van der Waals surface area (Å²) in [6.07, 6.45) is 3.00. The summed E-state index contributed by atoms with van der Waals surface area (Å²) >= 11 is 0. The first kappa shape index (κ1) is 14.0. The van der Waals surface area contributed by atoms with Crippen LogP contribution in [0.25, 0.3) is 10.9 Å². The molecular formula is C17H9N3O4. The molecular weight excluding hydrogens is 310 g/mol. The summed E-state index contributed by atoms with van der Waals surface area (Å²) in [5.41, 5.74) is 0.935.